The maximum absolute atomic E-state index is 13.3. The molecule has 1 amide bonds. The summed E-state index contributed by atoms with van der Waals surface area (Å²) in [5.74, 6) is -0.460. The molecule has 1 N–H and O–H groups in total. The van der Waals surface area contributed by atoms with Crippen molar-refractivity contribution in [2.75, 3.05) is 5.32 Å². The van der Waals surface area contributed by atoms with Gasteiger partial charge in [-0.3, -0.25) is 9.59 Å². The summed E-state index contributed by atoms with van der Waals surface area (Å²) in [6.45, 7) is 5.24. The SMILES string of the molecule is Cc1sc(NC(=O)C(C)Oc2c(-c3ccccc3Cl)oc3ccccc3c2=O)c(C#N)c1C. The number of ether oxygens (including phenoxy) is 1. The van der Waals surface area contributed by atoms with Crippen molar-refractivity contribution in [2.45, 2.75) is 26.9 Å². The Labute approximate surface area is 199 Å². The van der Waals surface area contributed by atoms with Crippen LogP contribution >= 0.6 is 22.9 Å². The summed E-state index contributed by atoms with van der Waals surface area (Å²) >= 11 is 7.68. The van der Waals surface area contributed by atoms with Crippen molar-refractivity contribution in [1.82, 2.24) is 0 Å². The van der Waals surface area contributed by atoms with Crippen LogP contribution in [0, 0.1) is 25.2 Å². The highest BCUT2D eigenvalue weighted by molar-refractivity contribution is 7.16. The second-order valence-corrected chi connectivity index (χ2v) is 9.05. The summed E-state index contributed by atoms with van der Waals surface area (Å²) in [5, 5.41) is 13.3. The van der Waals surface area contributed by atoms with E-state index in [-0.39, 0.29) is 11.5 Å². The van der Waals surface area contributed by atoms with Gasteiger partial charge in [-0.1, -0.05) is 35.9 Å². The Bertz CT molecular complexity index is 1480. The number of nitriles is 1. The zero-order valence-corrected chi connectivity index (χ0v) is 19.6. The zero-order valence-electron chi connectivity index (χ0n) is 18.1. The molecule has 0 radical (unpaired) electrons. The number of nitrogens with one attached hydrogen (secondary N) is 1. The van der Waals surface area contributed by atoms with Crippen LogP contribution in [0.1, 0.15) is 22.9 Å². The molecular formula is C25H19ClN2O4S. The van der Waals surface area contributed by atoms with E-state index in [1.807, 2.05) is 13.8 Å². The maximum Gasteiger partial charge on any atom is 0.265 e. The number of hydrogen-bond donors (Lipinski definition) is 1. The highest BCUT2D eigenvalue weighted by Crippen LogP contribution is 2.36. The van der Waals surface area contributed by atoms with Gasteiger partial charge < -0.3 is 14.5 Å². The summed E-state index contributed by atoms with van der Waals surface area (Å²) in [5.41, 5.74) is 1.68. The topological polar surface area (TPSA) is 92.3 Å². The molecule has 0 fully saturated rings. The van der Waals surface area contributed by atoms with Gasteiger partial charge in [-0.2, -0.15) is 5.26 Å². The van der Waals surface area contributed by atoms with Gasteiger partial charge in [0, 0.05) is 10.4 Å². The van der Waals surface area contributed by atoms with Crippen LogP contribution in [0.15, 0.2) is 57.7 Å². The number of aryl methyl sites for hydroxylation is 1. The fourth-order valence-electron chi connectivity index (χ4n) is 3.35. The van der Waals surface area contributed by atoms with E-state index in [1.54, 1.807) is 48.5 Å². The lowest BCUT2D eigenvalue weighted by Crippen LogP contribution is -2.31. The minimum Gasteiger partial charge on any atom is -0.473 e. The van der Waals surface area contributed by atoms with Gasteiger partial charge in [0.25, 0.3) is 5.91 Å². The first-order valence-corrected chi connectivity index (χ1v) is 11.3. The number of benzene rings is 2. The summed E-state index contributed by atoms with van der Waals surface area (Å²) in [6.07, 6.45) is -1.05. The van der Waals surface area contributed by atoms with E-state index in [4.69, 9.17) is 20.8 Å². The van der Waals surface area contributed by atoms with Crippen LogP contribution in [-0.4, -0.2) is 12.0 Å². The average molecular weight is 479 g/mol. The molecule has 8 heteroatoms. The quantitative estimate of drug-likeness (QED) is 0.376. The predicted molar refractivity (Wildman–Crippen MR) is 130 cm³/mol. The first-order chi connectivity index (χ1) is 15.8. The number of nitrogens with zero attached hydrogens (tertiary/aromatic N) is 1. The van der Waals surface area contributed by atoms with Crippen LogP contribution in [0.3, 0.4) is 0 Å². The Balaban J connectivity index is 1.74. The Morgan fingerprint density at radius 3 is 2.61 bits per heavy atom. The van der Waals surface area contributed by atoms with Gasteiger partial charge in [-0.15, -0.1) is 11.3 Å². The lowest BCUT2D eigenvalue weighted by molar-refractivity contribution is -0.122. The molecule has 0 spiro atoms. The minimum absolute atomic E-state index is 0.108. The van der Waals surface area contributed by atoms with Crippen LogP contribution in [0.25, 0.3) is 22.3 Å². The normalized spacial score (nSPS) is 11.7. The van der Waals surface area contributed by atoms with Crippen LogP contribution in [0.4, 0.5) is 5.00 Å². The van der Waals surface area contributed by atoms with Crippen LogP contribution in [-0.2, 0) is 4.79 Å². The first kappa shape index (κ1) is 22.6. The second kappa shape index (κ2) is 9.10. The lowest BCUT2D eigenvalue weighted by atomic mass is 10.1. The fourth-order valence-corrected chi connectivity index (χ4v) is 4.58. The number of hydrogen-bond acceptors (Lipinski definition) is 6. The third kappa shape index (κ3) is 4.23. The average Bonchev–Trinajstić information content (AvgIpc) is 3.08. The predicted octanol–water partition coefficient (Wildman–Crippen LogP) is 6.07. The molecule has 0 aliphatic heterocycles. The van der Waals surface area contributed by atoms with E-state index in [1.165, 1.54) is 18.3 Å². The number of halogens is 1. The highest BCUT2D eigenvalue weighted by Gasteiger charge is 2.25. The second-order valence-electron chi connectivity index (χ2n) is 7.41. The molecular weight excluding hydrogens is 460 g/mol. The standard InChI is InChI=1S/C25H19ClN2O4S/c1-13-15(3)33-25(18(13)12-27)28-24(30)14(2)31-23-21(29)17-9-5-7-11-20(17)32-22(23)16-8-4-6-10-19(16)26/h4-11,14H,1-3H3,(H,28,30). The molecule has 2 heterocycles. The summed E-state index contributed by atoms with van der Waals surface area (Å²) in [4.78, 5) is 27.1. The van der Waals surface area contributed by atoms with Gasteiger partial charge in [-0.25, -0.2) is 0 Å². The number of carbonyl (C=O) groups is 1. The van der Waals surface area contributed by atoms with Crippen molar-refractivity contribution >= 4 is 44.8 Å². The van der Waals surface area contributed by atoms with Crippen molar-refractivity contribution in [3.05, 3.63) is 79.8 Å². The molecule has 1 unspecified atom stereocenters. The molecule has 0 aliphatic carbocycles. The molecule has 4 aromatic rings. The van der Waals surface area contributed by atoms with Gasteiger partial charge in [0.05, 0.1) is 16.0 Å². The van der Waals surface area contributed by atoms with Crippen molar-refractivity contribution < 1.29 is 13.9 Å². The number of anilines is 1. The van der Waals surface area contributed by atoms with Crippen molar-refractivity contribution in [3.63, 3.8) is 0 Å². The van der Waals surface area contributed by atoms with Crippen molar-refractivity contribution in [1.29, 1.82) is 5.26 Å². The van der Waals surface area contributed by atoms with Crippen LogP contribution in [0.2, 0.25) is 5.02 Å². The van der Waals surface area contributed by atoms with E-state index >= 15 is 0 Å². The third-order valence-corrected chi connectivity index (χ3v) is 6.72. The molecule has 0 saturated carbocycles. The molecule has 33 heavy (non-hydrogen) atoms. The Morgan fingerprint density at radius 1 is 1.18 bits per heavy atom. The molecule has 4 rings (SSSR count). The Hall–Kier alpha value is -3.60. The largest absolute Gasteiger partial charge is 0.473 e. The maximum atomic E-state index is 13.3. The van der Waals surface area contributed by atoms with Gasteiger partial charge in [-0.05, 0) is 50.6 Å². The molecule has 1 atom stereocenters. The van der Waals surface area contributed by atoms with E-state index in [9.17, 15) is 14.9 Å². The zero-order chi connectivity index (χ0) is 23.7. The van der Waals surface area contributed by atoms with Gasteiger partial charge >= 0.3 is 0 Å². The molecule has 2 aromatic heterocycles. The van der Waals surface area contributed by atoms with Gasteiger partial charge in [0.2, 0.25) is 11.2 Å². The van der Waals surface area contributed by atoms with Crippen molar-refractivity contribution in [3.8, 4) is 23.1 Å². The summed E-state index contributed by atoms with van der Waals surface area (Å²) in [7, 11) is 0. The number of rotatable bonds is 5. The summed E-state index contributed by atoms with van der Waals surface area (Å²) in [6, 6.07) is 15.8. The van der Waals surface area contributed by atoms with Crippen molar-refractivity contribution in [2.24, 2.45) is 0 Å². The first-order valence-electron chi connectivity index (χ1n) is 10.1. The lowest BCUT2D eigenvalue weighted by Gasteiger charge is -2.17. The van der Waals surface area contributed by atoms with E-state index < -0.39 is 17.4 Å². The molecule has 6 nitrogen and oxygen atoms in total. The van der Waals surface area contributed by atoms with E-state index in [0.717, 1.165) is 10.4 Å². The third-order valence-electron chi connectivity index (χ3n) is 5.27. The van der Waals surface area contributed by atoms with Crippen LogP contribution < -0.4 is 15.5 Å². The van der Waals surface area contributed by atoms with Gasteiger partial charge in [0.15, 0.2) is 11.9 Å². The smallest absolute Gasteiger partial charge is 0.265 e. The molecule has 0 bridgehead atoms. The number of amides is 1. The fraction of sp³-hybridized carbons (Fsp3) is 0.160. The van der Waals surface area contributed by atoms with Gasteiger partial charge in [0.1, 0.15) is 16.7 Å². The minimum atomic E-state index is -1.05. The molecule has 2 aromatic carbocycles. The molecule has 0 saturated heterocycles. The number of fused-ring (bicyclic) bond motifs is 1. The highest BCUT2D eigenvalue weighted by atomic mass is 35.5. The molecule has 0 aliphatic rings. The monoisotopic (exact) mass is 478 g/mol. The number of para-hydroxylation sites is 1. The number of carbonyl (C=O) groups excluding carboxylic acids is 1. The van der Waals surface area contributed by atoms with E-state index in [2.05, 4.69) is 11.4 Å². The molecule has 166 valence electrons. The van der Waals surface area contributed by atoms with Crippen LogP contribution in [0.5, 0.6) is 5.75 Å². The summed E-state index contributed by atoms with van der Waals surface area (Å²) < 4.78 is 11.9. The number of thiophene rings is 1. The Morgan fingerprint density at radius 2 is 1.88 bits per heavy atom. The van der Waals surface area contributed by atoms with E-state index in [0.29, 0.717) is 32.1 Å². The Kier molecular flexibility index (Phi) is 6.23.